The fourth-order valence-corrected chi connectivity index (χ4v) is 2.97. The Hall–Kier alpha value is -1.87. The van der Waals surface area contributed by atoms with Gasteiger partial charge in [-0.1, -0.05) is 29.8 Å². The summed E-state index contributed by atoms with van der Waals surface area (Å²) in [6.07, 6.45) is 2.30. The van der Waals surface area contributed by atoms with Crippen LogP contribution in [-0.4, -0.2) is 24.0 Å². The first-order chi connectivity index (χ1) is 10.7. The number of nitrogens with one attached hydrogen (secondary N) is 1. The molecule has 0 aromatic heterocycles. The molecule has 0 aliphatic carbocycles. The van der Waals surface area contributed by atoms with Gasteiger partial charge >= 0.3 is 0 Å². The van der Waals surface area contributed by atoms with Crippen LogP contribution in [0.15, 0.2) is 48.5 Å². The normalized spacial score (nSPS) is 16.6. The van der Waals surface area contributed by atoms with E-state index in [0.717, 1.165) is 32.5 Å². The molecule has 1 saturated heterocycles. The zero-order valence-electron chi connectivity index (χ0n) is 13.1. The molecule has 0 unspecified atom stereocenters. The average molecular weight is 298 g/mol. The van der Waals surface area contributed by atoms with Crippen molar-refractivity contribution in [1.29, 1.82) is 0 Å². The molecule has 1 fully saturated rings. The lowest BCUT2D eigenvalue weighted by Crippen LogP contribution is -2.38. The van der Waals surface area contributed by atoms with Gasteiger partial charge in [0.05, 0.1) is 0 Å². The molecule has 2 nitrogen and oxygen atoms in total. The summed E-state index contributed by atoms with van der Waals surface area (Å²) in [5, 5.41) is 3.62. The van der Waals surface area contributed by atoms with Gasteiger partial charge in [0.25, 0.3) is 0 Å². The maximum Gasteiger partial charge on any atom is 0.123 e. The van der Waals surface area contributed by atoms with Gasteiger partial charge in [-0.25, -0.2) is 4.39 Å². The highest BCUT2D eigenvalue weighted by Crippen LogP contribution is 2.18. The molecule has 0 bridgehead atoms. The number of nitrogens with zero attached hydrogens (tertiary/aromatic N) is 1. The van der Waals surface area contributed by atoms with Crippen molar-refractivity contribution in [2.75, 3.05) is 18.4 Å². The second-order valence-electron chi connectivity index (χ2n) is 6.19. The monoisotopic (exact) mass is 298 g/mol. The minimum absolute atomic E-state index is 0.162. The van der Waals surface area contributed by atoms with Crippen LogP contribution >= 0.6 is 0 Å². The summed E-state index contributed by atoms with van der Waals surface area (Å²) < 4.78 is 12.9. The zero-order chi connectivity index (χ0) is 15.4. The lowest BCUT2D eigenvalue weighted by molar-refractivity contribution is 0.211. The first kappa shape index (κ1) is 15.0. The van der Waals surface area contributed by atoms with Crippen molar-refractivity contribution >= 4 is 5.69 Å². The van der Waals surface area contributed by atoms with E-state index in [1.807, 2.05) is 12.1 Å². The van der Waals surface area contributed by atoms with Gasteiger partial charge in [-0.05, 0) is 49.6 Å². The fraction of sp³-hybridized carbons (Fsp3) is 0.368. The minimum Gasteiger partial charge on any atom is -0.382 e. The molecule has 0 amide bonds. The van der Waals surface area contributed by atoms with Gasteiger partial charge in [-0.2, -0.15) is 0 Å². The van der Waals surface area contributed by atoms with E-state index >= 15 is 0 Å². The molecule has 3 heteroatoms. The SMILES string of the molecule is Cc1ccc(NC2CCN(Cc3ccc(F)cc3)CC2)cc1. The number of hydrogen-bond acceptors (Lipinski definition) is 2. The van der Waals surface area contributed by atoms with Crippen molar-refractivity contribution in [1.82, 2.24) is 4.90 Å². The lowest BCUT2D eigenvalue weighted by Gasteiger charge is -2.33. The maximum absolute atomic E-state index is 12.9. The third-order valence-electron chi connectivity index (χ3n) is 4.33. The number of aryl methyl sites for hydroxylation is 1. The van der Waals surface area contributed by atoms with E-state index in [1.54, 1.807) is 12.1 Å². The number of rotatable bonds is 4. The van der Waals surface area contributed by atoms with Crippen molar-refractivity contribution in [3.05, 3.63) is 65.5 Å². The molecule has 0 saturated carbocycles. The third kappa shape index (κ3) is 4.08. The smallest absolute Gasteiger partial charge is 0.123 e. The van der Waals surface area contributed by atoms with E-state index in [-0.39, 0.29) is 5.82 Å². The summed E-state index contributed by atoms with van der Waals surface area (Å²) in [6, 6.07) is 16.0. The third-order valence-corrected chi connectivity index (χ3v) is 4.33. The highest BCUT2D eigenvalue weighted by molar-refractivity contribution is 5.45. The van der Waals surface area contributed by atoms with Crippen molar-refractivity contribution in [3.8, 4) is 0 Å². The molecular formula is C19H23FN2. The molecule has 0 atom stereocenters. The maximum atomic E-state index is 12.9. The first-order valence-electron chi connectivity index (χ1n) is 7.99. The molecule has 0 radical (unpaired) electrons. The number of hydrogen-bond donors (Lipinski definition) is 1. The topological polar surface area (TPSA) is 15.3 Å². The van der Waals surface area contributed by atoms with Crippen molar-refractivity contribution in [3.63, 3.8) is 0 Å². The Morgan fingerprint density at radius 1 is 1.00 bits per heavy atom. The van der Waals surface area contributed by atoms with Gasteiger partial charge < -0.3 is 5.32 Å². The molecule has 1 aliphatic rings. The van der Waals surface area contributed by atoms with E-state index in [1.165, 1.54) is 16.8 Å². The van der Waals surface area contributed by atoms with Crippen molar-refractivity contribution < 1.29 is 4.39 Å². The summed E-state index contributed by atoms with van der Waals surface area (Å²) in [6.45, 7) is 5.19. The zero-order valence-corrected chi connectivity index (χ0v) is 13.1. The molecule has 1 N–H and O–H groups in total. The minimum atomic E-state index is -0.162. The van der Waals surface area contributed by atoms with Gasteiger partial charge in [-0.3, -0.25) is 4.90 Å². The number of anilines is 1. The van der Waals surface area contributed by atoms with Crippen LogP contribution < -0.4 is 5.32 Å². The molecule has 1 aliphatic heterocycles. The lowest BCUT2D eigenvalue weighted by atomic mass is 10.0. The van der Waals surface area contributed by atoms with E-state index in [9.17, 15) is 4.39 Å². The van der Waals surface area contributed by atoms with Crippen LogP contribution in [0.2, 0.25) is 0 Å². The van der Waals surface area contributed by atoms with Crippen LogP contribution in [0.4, 0.5) is 10.1 Å². The van der Waals surface area contributed by atoms with Crippen LogP contribution in [0.5, 0.6) is 0 Å². The summed E-state index contributed by atoms with van der Waals surface area (Å²) in [5.74, 6) is -0.162. The largest absolute Gasteiger partial charge is 0.382 e. The molecule has 116 valence electrons. The average Bonchev–Trinajstić information content (AvgIpc) is 2.54. The van der Waals surface area contributed by atoms with Gasteiger partial charge in [0, 0.05) is 31.4 Å². The molecule has 3 rings (SSSR count). The number of halogens is 1. The van der Waals surface area contributed by atoms with E-state index in [0.29, 0.717) is 6.04 Å². The Balaban J connectivity index is 1.47. The summed E-state index contributed by atoms with van der Waals surface area (Å²) in [5.41, 5.74) is 3.69. The number of likely N-dealkylation sites (tertiary alicyclic amines) is 1. The van der Waals surface area contributed by atoms with E-state index in [4.69, 9.17) is 0 Å². The fourth-order valence-electron chi connectivity index (χ4n) is 2.97. The van der Waals surface area contributed by atoms with E-state index < -0.39 is 0 Å². The predicted molar refractivity (Wildman–Crippen MR) is 89.5 cm³/mol. The Bertz CT molecular complexity index is 528. The van der Waals surface area contributed by atoms with Crippen LogP contribution in [0.3, 0.4) is 0 Å². The molecular weight excluding hydrogens is 275 g/mol. The molecule has 2 aromatic rings. The second kappa shape index (κ2) is 6.93. The predicted octanol–water partition coefficient (Wildman–Crippen LogP) is 4.21. The number of piperidine rings is 1. The van der Waals surface area contributed by atoms with Gasteiger partial charge in [0.2, 0.25) is 0 Å². The molecule has 1 heterocycles. The van der Waals surface area contributed by atoms with Gasteiger partial charge in [0.15, 0.2) is 0 Å². The van der Waals surface area contributed by atoms with Crippen LogP contribution in [0.1, 0.15) is 24.0 Å². The van der Waals surface area contributed by atoms with Crippen molar-refractivity contribution in [2.24, 2.45) is 0 Å². The van der Waals surface area contributed by atoms with Gasteiger partial charge in [-0.15, -0.1) is 0 Å². The Kier molecular flexibility index (Phi) is 4.74. The molecule has 22 heavy (non-hydrogen) atoms. The van der Waals surface area contributed by atoms with Crippen LogP contribution in [0.25, 0.3) is 0 Å². The van der Waals surface area contributed by atoms with Crippen LogP contribution in [0, 0.1) is 12.7 Å². The Labute approximate surface area is 132 Å². The quantitative estimate of drug-likeness (QED) is 0.909. The van der Waals surface area contributed by atoms with Crippen LogP contribution in [-0.2, 0) is 6.54 Å². The number of benzene rings is 2. The molecule has 0 spiro atoms. The Morgan fingerprint density at radius 3 is 2.27 bits per heavy atom. The second-order valence-corrected chi connectivity index (χ2v) is 6.19. The molecule has 2 aromatic carbocycles. The standard InChI is InChI=1S/C19H23FN2/c1-15-2-8-18(9-3-15)21-19-10-12-22(13-11-19)14-16-4-6-17(20)7-5-16/h2-9,19,21H,10-14H2,1H3. The van der Waals surface area contributed by atoms with Gasteiger partial charge in [0.1, 0.15) is 5.82 Å². The summed E-state index contributed by atoms with van der Waals surface area (Å²) in [7, 11) is 0. The van der Waals surface area contributed by atoms with Crippen molar-refractivity contribution in [2.45, 2.75) is 32.4 Å². The first-order valence-corrected chi connectivity index (χ1v) is 7.99. The van der Waals surface area contributed by atoms with E-state index in [2.05, 4.69) is 41.4 Å². The Morgan fingerprint density at radius 2 is 1.64 bits per heavy atom. The summed E-state index contributed by atoms with van der Waals surface area (Å²) >= 11 is 0. The highest BCUT2D eigenvalue weighted by atomic mass is 19.1. The highest BCUT2D eigenvalue weighted by Gasteiger charge is 2.19. The summed E-state index contributed by atoms with van der Waals surface area (Å²) in [4.78, 5) is 2.44.